The maximum Gasteiger partial charge on any atom is 0.131 e. The third kappa shape index (κ3) is 3.75. The molecule has 1 aromatic rings. The third-order valence-electron chi connectivity index (χ3n) is 3.87. The minimum atomic E-state index is -1.13. The largest absolute Gasteiger partial charge is 0.387 e. The van der Waals surface area contributed by atoms with Crippen molar-refractivity contribution in [1.29, 1.82) is 0 Å². The zero-order valence-electron chi connectivity index (χ0n) is 11.7. The molecular weight excluding hydrogens is 264 g/mol. The van der Waals surface area contributed by atoms with Crippen LogP contribution in [0.15, 0.2) is 18.2 Å². The molecule has 0 spiro atoms. The molecule has 20 heavy (non-hydrogen) atoms. The average Bonchev–Trinajstić information content (AvgIpc) is 2.41. The van der Waals surface area contributed by atoms with Crippen LogP contribution in [0.25, 0.3) is 0 Å². The highest BCUT2D eigenvalue weighted by molar-refractivity contribution is 5.22. The van der Waals surface area contributed by atoms with Gasteiger partial charge in [-0.1, -0.05) is 6.07 Å². The summed E-state index contributed by atoms with van der Waals surface area (Å²) in [6.07, 6.45) is 0.843. The molecule has 0 amide bonds. The Morgan fingerprint density at radius 1 is 1.30 bits per heavy atom. The monoisotopic (exact) mass is 285 g/mol. The molecule has 3 nitrogen and oxygen atoms in total. The second-order valence-electron chi connectivity index (χ2n) is 5.35. The molecule has 2 rings (SSSR count). The highest BCUT2D eigenvalue weighted by Crippen LogP contribution is 2.24. The summed E-state index contributed by atoms with van der Waals surface area (Å²) >= 11 is 0. The van der Waals surface area contributed by atoms with E-state index in [9.17, 15) is 13.9 Å². The maximum atomic E-state index is 13.6. The van der Waals surface area contributed by atoms with Gasteiger partial charge in [-0.25, -0.2) is 8.78 Å². The Morgan fingerprint density at radius 2 is 1.90 bits per heavy atom. The van der Waals surface area contributed by atoms with Gasteiger partial charge in [-0.15, -0.1) is 0 Å². The fourth-order valence-electron chi connectivity index (χ4n) is 2.74. The molecule has 1 heterocycles. The molecule has 1 aliphatic rings. The lowest BCUT2D eigenvalue weighted by molar-refractivity contribution is 0.0630. The first kappa shape index (κ1) is 15.4. The topological polar surface area (TPSA) is 32.7 Å². The molecule has 1 fully saturated rings. The van der Waals surface area contributed by atoms with Crippen molar-refractivity contribution in [2.45, 2.75) is 18.9 Å². The smallest absolute Gasteiger partial charge is 0.131 e. The lowest BCUT2D eigenvalue weighted by Crippen LogP contribution is -2.37. The number of piperidine rings is 1. The number of ether oxygens (including phenoxy) is 1. The second kappa shape index (κ2) is 7.11. The van der Waals surface area contributed by atoms with Crippen LogP contribution in [0, 0.1) is 17.6 Å². The maximum absolute atomic E-state index is 13.6. The number of aliphatic hydroxyl groups is 1. The van der Waals surface area contributed by atoms with Gasteiger partial charge in [0.1, 0.15) is 11.6 Å². The summed E-state index contributed by atoms with van der Waals surface area (Å²) in [4.78, 5) is 2.04. The first-order valence-electron chi connectivity index (χ1n) is 6.95. The Balaban J connectivity index is 1.91. The SMILES string of the molecule is COCC1CCN(CC(O)c2c(F)cccc2F)CC1. The van der Waals surface area contributed by atoms with Crippen LogP contribution in [-0.2, 0) is 4.74 Å². The minimum absolute atomic E-state index is 0.230. The average molecular weight is 285 g/mol. The van der Waals surface area contributed by atoms with E-state index in [1.165, 1.54) is 18.2 Å². The lowest BCUT2D eigenvalue weighted by Gasteiger charge is -2.33. The number of β-amino-alcohol motifs (C(OH)–C–C–N with tert-alkyl or cyclic N) is 1. The first-order chi connectivity index (χ1) is 9.61. The molecule has 1 atom stereocenters. The van der Waals surface area contributed by atoms with E-state index in [2.05, 4.69) is 0 Å². The Hall–Kier alpha value is -1.04. The lowest BCUT2D eigenvalue weighted by atomic mass is 9.97. The zero-order valence-corrected chi connectivity index (χ0v) is 11.7. The molecule has 0 aliphatic carbocycles. The van der Waals surface area contributed by atoms with Crippen LogP contribution in [0.4, 0.5) is 8.78 Å². The Bertz CT molecular complexity index is 414. The van der Waals surface area contributed by atoms with E-state index in [1.807, 2.05) is 4.90 Å². The number of halogens is 2. The van der Waals surface area contributed by atoms with Crippen molar-refractivity contribution in [2.75, 3.05) is 33.4 Å². The quantitative estimate of drug-likeness (QED) is 0.901. The standard InChI is InChI=1S/C15H21F2NO2/c1-20-10-11-5-7-18(8-6-11)9-14(19)15-12(16)3-2-4-13(15)17/h2-4,11,14,19H,5-10H2,1H3. The molecule has 1 saturated heterocycles. The molecule has 1 unspecified atom stereocenters. The van der Waals surface area contributed by atoms with Gasteiger partial charge in [0.25, 0.3) is 0 Å². The van der Waals surface area contributed by atoms with Gasteiger partial charge in [0.05, 0.1) is 11.7 Å². The van der Waals surface area contributed by atoms with Gasteiger partial charge in [-0.05, 0) is 44.0 Å². The van der Waals surface area contributed by atoms with Gasteiger partial charge in [0, 0.05) is 20.3 Å². The van der Waals surface area contributed by atoms with Gasteiger partial charge in [-0.3, -0.25) is 0 Å². The zero-order chi connectivity index (χ0) is 14.5. The fourth-order valence-corrected chi connectivity index (χ4v) is 2.74. The van der Waals surface area contributed by atoms with E-state index in [1.54, 1.807) is 7.11 Å². The highest BCUT2D eigenvalue weighted by atomic mass is 19.1. The Labute approximate surface area is 118 Å². The minimum Gasteiger partial charge on any atom is -0.387 e. The van der Waals surface area contributed by atoms with Crippen molar-refractivity contribution in [3.8, 4) is 0 Å². The summed E-state index contributed by atoms with van der Waals surface area (Å²) in [5.74, 6) is -0.836. The van der Waals surface area contributed by atoms with Crippen LogP contribution in [0.1, 0.15) is 24.5 Å². The van der Waals surface area contributed by atoms with Gasteiger partial charge in [0.15, 0.2) is 0 Å². The molecule has 5 heteroatoms. The van der Waals surface area contributed by atoms with Crippen molar-refractivity contribution in [3.63, 3.8) is 0 Å². The number of nitrogens with zero attached hydrogens (tertiary/aromatic N) is 1. The van der Waals surface area contributed by atoms with Crippen molar-refractivity contribution in [3.05, 3.63) is 35.4 Å². The van der Waals surface area contributed by atoms with Gasteiger partial charge in [0.2, 0.25) is 0 Å². The van der Waals surface area contributed by atoms with Crippen molar-refractivity contribution in [2.24, 2.45) is 5.92 Å². The number of methoxy groups -OCH3 is 1. The molecule has 0 bridgehead atoms. The number of hydrogen-bond acceptors (Lipinski definition) is 3. The summed E-state index contributed by atoms with van der Waals surface area (Å²) < 4.78 is 32.3. The molecule has 0 aromatic heterocycles. The normalized spacial score (nSPS) is 19.2. The molecule has 0 saturated carbocycles. The van der Waals surface area contributed by atoms with Crippen LogP contribution < -0.4 is 0 Å². The van der Waals surface area contributed by atoms with Crippen molar-refractivity contribution < 1.29 is 18.6 Å². The van der Waals surface area contributed by atoms with Crippen LogP contribution in [0.3, 0.4) is 0 Å². The van der Waals surface area contributed by atoms with E-state index >= 15 is 0 Å². The molecule has 1 aliphatic heterocycles. The van der Waals surface area contributed by atoms with E-state index in [-0.39, 0.29) is 12.1 Å². The van der Waals surface area contributed by atoms with Crippen LogP contribution in [0.5, 0.6) is 0 Å². The first-order valence-corrected chi connectivity index (χ1v) is 6.95. The fraction of sp³-hybridized carbons (Fsp3) is 0.600. The third-order valence-corrected chi connectivity index (χ3v) is 3.87. The molecule has 1 N–H and O–H groups in total. The van der Waals surface area contributed by atoms with Gasteiger partial charge in [-0.2, -0.15) is 0 Å². The van der Waals surface area contributed by atoms with E-state index in [0.29, 0.717) is 5.92 Å². The van der Waals surface area contributed by atoms with E-state index in [4.69, 9.17) is 4.74 Å². The number of rotatable bonds is 5. The predicted molar refractivity (Wildman–Crippen MR) is 72.4 cm³/mol. The number of benzene rings is 1. The molecule has 0 radical (unpaired) electrons. The Morgan fingerprint density at radius 3 is 2.45 bits per heavy atom. The van der Waals surface area contributed by atoms with E-state index in [0.717, 1.165) is 32.5 Å². The van der Waals surface area contributed by atoms with Crippen LogP contribution in [-0.4, -0.2) is 43.4 Å². The number of aliphatic hydroxyl groups excluding tert-OH is 1. The summed E-state index contributed by atoms with van der Waals surface area (Å²) in [5, 5.41) is 10.1. The number of hydrogen-bond donors (Lipinski definition) is 1. The molecular formula is C15H21F2NO2. The predicted octanol–water partition coefficient (Wildman–Crippen LogP) is 2.36. The van der Waals surface area contributed by atoms with Crippen LogP contribution >= 0.6 is 0 Å². The number of likely N-dealkylation sites (tertiary alicyclic amines) is 1. The Kier molecular flexibility index (Phi) is 5.46. The van der Waals surface area contributed by atoms with Gasteiger partial charge >= 0.3 is 0 Å². The van der Waals surface area contributed by atoms with Crippen LogP contribution in [0.2, 0.25) is 0 Å². The van der Waals surface area contributed by atoms with Crippen molar-refractivity contribution >= 4 is 0 Å². The highest BCUT2D eigenvalue weighted by Gasteiger charge is 2.24. The van der Waals surface area contributed by atoms with E-state index < -0.39 is 17.7 Å². The molecule has 1 aromatic carbocycles. The summed E-state index contributed by atoms with van der Waals surface area (Å²) in [7, 11) is 1.69. The summed E-state index contributed by atoms with van der Waals surface area (Å²) in [6.45, 7) is 2.65. The second-order valence-corrected chi connectivity index (χ2v) is 5.35. The summed E-state index contributed by atoms with van der Waals surface area (Å²) in [6, 6.07) is 3.65. The summed E-state index contributed by atoms with van der Waals surface area (Å²) in [5.41, 5.74) is -0.230. The molecule has 112 valence electrons. The van der Waals surface area contributed by atoms with Crippen molar-refractivity contribution in [1.82, 2.24) is 4.90 Å². The van der Waals surface area contributed by atoms with Gasteiger partial charge < -0.3 is 14.7 Å².